The molecular formula is C14H16ClFN2O3. The molecule has 0 aromatic heterocycles. The van der Waals surface area contributed by atoms with Crippen molar-refractivity contribution in [3.05, 3.63) is 39.7 Å². The molecule has 1 aliphatic carbocycles. The smallest absolute Gasteiger partial charge is 0.282 e. The van der Waals surface area contributed by atoms with Gasteiger partial charge < -0.3 is 5.32 Å². The average Bonchev–Trinajstić information content (AvgIpc) is 2.44. The summed E-state index contributed by atoms with van der Waals surface area (Å²) in [6.45, 7) is 0.399. The number of nitrogens with one attached hydrogen (secondary N) is 1. The van der Waals surface area contributed by atoms with E-state index in [2.05, 4.69) is 5.32 Å². The maximum absolute atomic E-state index is 13.2. The number of hydrogen-bond acceptors (Lipinski definition) is 3. The Labute approximate surface area is 126 Å². The van der Waals surface area contributed by atoms with Crippen LogP contribution in [0.25, 0.3) is 0 Å². The highest BCUT2D eigenvalue weighted by atomic mass is 35.5. The molecule has 2 unspecified atom stereocenters. The van der Waals surface area contributed by atoms with Crippen LogP contribution < -0.4 is 5.32 Å². The van der Waals surface area contributed by atoms with E-state index in [1.165, 1.54) is 0 Å². The summed E-state index contributed by atoms with van der Waals surface area (Å²) in [7, 11) is 0. The van der Waals surface area contributed by atoms with Crippen LogP contribution in [-0.4, -0.2) is 22.8 Å². The first-order valence-corrected chi connectivity index (χ1v) is 7.27. The van der Waals surface area contributed by atoms with Gasteiger partial charge in [0.15, 0.2) is 0 Å². The molecule has 1 saturated carbocycles. The maximum atomic E-state index is 13.2. The number of nitrogens with zero attached hydrogens (tertiary/aromatic N) is 1. The fourth-order valence-corrected chi connectivity index (χ4v) is 3.00. The number of halogens is 2. The van der Waals surface area contributed by atoms with Gasteiger partial charge in [0, 0.05) is 18.0 Å². The van der Waals surface area contributed by atoms with Gasteiger partial charge in [-0.2, -0.15) is 0 Å². The fraction of sp³-hybridized carbons (Fsp3) is 0.500. The van der Waals surface area contributed by atoms with Crippen molar-refractivity contribution in [1.29, 1.82) is 0 Å². The van der Waals surface area contributed by atoms with Gasteiger partial charge in [0.25, 0.3) is 11.6 Å². The van der Waals surface area contributed by atoms with E-state index in [1.54, 1.807) is 0 Å². The first-order chi connectivity index (χ1) is 9.97. The molecule has 1 fully saturated rings. The van der Waals surface area contributed by atoms with Crippen LogP contribution in [0.2, 0.25) is 0 Å². The Bertz CT molecular complexity index is 553. The van der Waals surface area contributed by atoms with E-state index in [0.717, 1.165) is 43.9 Å². The predicted octanol–water partition coefficient (Wildman–Crippen LogP) is 3.26. The van der Waals surface area contributed by atoms with Crippen molar-refractivity contribution in [2.24, 2.45) is 5.92 Å². The van der Waals surface area contributed by atoms with Crippen molar-refractivity contribution in [3.8, 4) is 0 Å². The molecule has 1 aliphatic rings. The number of carbonyl (C=O) groups is 1. The largest absolute Gasteiger partial charge is 0.352 e. The van der Waals surface area contributed by atoms with E-state index in [1.807, 2.05) is 0 Å². The predicted molar refractivity (Wildman–Crippen MR) is 77.0 cm³/mol. The van der Waals surface area contributed by atoms with Gasteiger partial charge >= 0.3 is 0 Å². The molecule has 5 nitrogen and oxygen atoms in total. The van der Waals surface area contributed by atoms with Crippen LogP contribution in [0.5, 0.6) is 0 Å². The monoisotopic (exact) mass is 314 g/mol. The standard InChI is InChI=1S/C14H16ClFN2O3/c15-10-3-1-2-9(6-10)8-17-14(19)12-7-11(16)4-5-13(12)18(20)21/h4-5,7,9-10H,1-3,6,8H2,(H,17,19). The van der Waals surface area contributed by atoms with Crippen LogP contribution in [0.1, 0.15) is 36.0 Å². The number of nitro groups is 1. The number of rotatable bonds is 4. The van der Waals surface area contributed by atoms with Crippen LogP contribution >= 0.6 is 11.6 Å². The van der Waals surface area contributed by atoms with Gasteiger partial charge in [0.05, 0.1) is 4.92 Å². The summed E-state index contributed by atoms with van der Waals surface area (Å²) in [5, 5.41) is 13.6. The molecule has 2 atom stereocenters. The Balaban J connectivity index is 2.03. The second-order valence-electron chi connectivity index (χ2n) is 5.26. The molecule has 1 aromatic rings. The summed E-state index contributed by atoms with van der Waals surface area (Å²) < 4.78 is 13.2. The van der Waals surface area contributed by atoms with E-state index in [9.17, 15) is 19.3 Å². The summed E-state index contributed by atoms with van der Waals surface area (Å²) in [5.74, 6) is -1.04. The van der Waals surface area contributed by atoms with Crippen molar-refractivity contribution in [2.45, 2.75) is 31.1 Å². The zero-order chi connectivity index (χ0) is 15.4. The van der Waals surface area contributed by atoms with Crippen LogP contribution in [0.3, 0.4) is 0 Å². The van der Waals surface area contributed by atoms with Crippen molar-refractivity contribution in [2.75, 3.05) is 6.54 Å². The highest BCUT2D eigenvalue weighted by molar-refractivity contribution is 6.20. The number of nitro benzene ring substituents is 1. The van der Waals surface area contributed by atoms with E-state index >= 15 is 0 Å². The topological polar surface area (TPSA) is 72.2 Å². The Kier molecular flexibility index (Phi) is 5.12. The van der Waals surface area contributed by atoms with Gasteiger partial charge in [-0.3, -0.25) is 14.9 Å². The van der Waals surface area contributed by atoms with E-state index in [4.69, 9.17) is 11.6 Å². The normalized spacial score (nSPS) is 21.8. The van der Waals surface area contributed by atoms with Crippen LogP contribution in [0, 0.1) is 21.8 Å². The zero-order valence-electron chi connectivity index (χ0n) is 11.4. The average molecular weight is 315 g/mol. The highest BCUT2D eigenvalue weighted by Crippen LogP contribution is 2.27. The lowest BCUT2D eigenvalue weighted by Crippen LogP contribution is -2.32. The molecule has 0 saturated heterocycles. The molecule has 0 spiro atoms. The summed E-state index contributed by atoms with van der Waals surface area (Å²) in [5.41, 5.74) is -0.647. The van der Waals surface area contributed by atoms with E-state index in [0.29, 0.717) is 6.54 Å². The molecule has 0 radical (unpaired) electrons. The van der Waals surface area contributed by atoms with Crippen LogP contribution in [-0.2, 0) is 0 Å². The third kappa shape index (κ3) is 4.14. The molecule has 114 valence electrons. The quantitative estimate of drug-likeness (QED) is 0.526. The Hall–Kier alpha value is -1.69. The summed E-state index contributed by atoms with van der Waals surface area (Å²) in [6.07, 6.45) is 3.76. The van der Waals surface area contributed by atoms with Gasteiger partial charge in [-0.25, -0.2) is 4.39 Å². The molecule has 0 aliphatic heterocycles. The summed E-state index contributed by atoms with van der Waals surface area (Å²) in [6, 6.07) is 2.85. The van der Waals surface area contributed by atoms with Crippen molar-refractivity contribution < 1.29 is 14.1 Å². The fourth-order valence-electron chi connectivity index (χ4n) is 2.59. The van der Waals surface area contributed by atoms with Gasteiger partial charge in [-0.15, -0.1) is 11.6 Å². The Morgan fingerprint density at radius 1 is 1.48 bits per heavy atom. The number of carbonyl (C=O) groups excluding carboxylic acids is 1. The van der Waals surface area contributed by atoms with Crippen LogP contribution in [0.15, 0.2) is 18.2 Å². The van der Waals surface area contributed by atoms with Crippen molar-refractivity contribution in [3.63, 3.8) is 0 Å². The number of alkyl halides is 1. The van der Waals surface area contributed by atoms with Crippen LogP contribution in [0.4, 0.5) is 10.1 Å². The van der Waals surface area contributed by atoms with Gasteiger partial charge in [0.2, 0.25) is 0 Å². The van der Waals surface area contributed by atoms with Crippen molar-refractivity contribution in [1.82, 2.24) is 5.32 Å². The number of hydrogen-bond donors (Lipinski definition) is 1. The summed E-state index contributed by atoms with van der Waals surface area (Å²) in [4.78, 5) is 22.2. The molecule has 2 rings (SSSR count). The number of amides is 1. The van der Waals surface area contributed by atoms with Gasteiger partial charge in [0.1, 0.15) is 11.4 Å². The Morgan fingerprint density at radius 3 is 2.90 bits per heavy atom. The second kappa shape index (κ2) is 6.85. The molecule has 7 heteroatoms. The van der Waals surface area contributed by atoms with E-state index in [-0.39, 0.29) is 16.9 Å². The minimum Gasteiger partial charge on any atom is -0.352 e. The zero-order valence-corrected chi connectivity index (χ0v) is 12.1. The highest BCUT2D eigenvalue weighted by Gasteiger charge is 2.24. The molecule has 0 bridgehead atoms. The van der Waals surface area contributed by atoms with Gasteiger partial charge in [-0.05, 0) is 37.3 Å². The molecule has 1 amide bonds. The number of benzene rings is 1. The third-order valence-electron chi connectivity index (χ3n) is 3.67. The minimum atomic E-state index is -0.691. The lowest BCUT2D eigenvalue weighted by Gasteiger charge is -2.25. The van der Waals surface area contributed by atoms with E-state index < -0.39 is 22.3 Å². The molecule has 21 heavy (non-hydrogen) atoms. The molecule has 1 N–H and O–H groups in total. The first kappa shape index (κ1) is 15.7. The molecular weight excluding hydrogens is 299 g/mol. The third-order valence-corrected chi connectivity index (χ3v) is 4.07. The lowest BCUT2D eigenvalue weighted by molar-refractivity contribution is -0.385. The Morgan fingerprint density at radius 2 is 2.24 bits per heavy atom. The molecule has 1 aromatic carbocycles. The first-order valence-electron chi connectivity index (χ1n) is 6.83. The maximum Gasteiger partial charge on any atom is 0.282 e. The van der Waals surface area contributed by atoms with Gasteiger partial charge in [-0.1, -0.05) is 6.42 Å². The lowest BCUT2D eigenvalue weighted by atomic mass is 9.89. The SMILES string of the molecule is O=C(NCC1CCCC(Cl)C1)c1cc(F)ccc1[N+](=O)[O-]. The minimum absolute atomic E-state index is 0.115. The van der Waals surface area contributed by atoms with Crippen molar-refractivity contribution >= 4 is 23.2 Å². The second-order valence-corrected chi connectivity index (χ2v) is 5.88. The summed E-state index contributed by atoms with van der Waals surface area (Å²) >= 11 is 6.08. The molecule has 0 heterocycles.